The van der Waals surface area contributed by atoms with Crippen LogP contribution in [0.3, 0.4) is 0 Å². The van der Waals surface area contributed by atoms with Gasteiger partial charge >= 0.3 is 0 Å². The lowest BCUT2D eigenvalue weighted by molar-refractivity contribution is -0.0270. The maximum Gasteiger partial charge on any atom is 0.241 e. The fraction of sp³-hybridized carbons (Fsp3) is 0.455. The first-order valence-electron chi connectivity index (χ1n) is 5.60. The maximum absolute atomic E-state index is 12.1. The van der Waals surface area contributed by atoms with E-state index < -0.39 is 15.6 Å². The third kappa shape index (κ3) is 2.85. The zero-order valence-electron chi connectivity index (χ0n) is 9.69. The molecule has 0 radical (unpaired) electrons. The standard InChI is InChI=1S/C11H15BrN2O3S/c12-9-3-2-8(13)6-10(9)18(16,17)14-7-11(15)4-1-5-11/h2-3,6,14-15H,1,4-5,7,13H2. The highest BCUT2D eigenvalue weighted by molar-refractivity contribution is 9.10. The summed E-state index contributed by atoms with van der Waals surface area (Å²) in [5.74, 6) is 0. The van der Waals surface area contributed by atoms with Gasteiger partial charge in [0.15, 0.2) is 0 Å². The van der Waals surface area contributed by atoms with E-state index in [1.807, 2.05) is 0 Å². The molecule has 1 aromatic carbocycles. The summed E-state index contributed by atoms with van der Waals surface area (Å²) in [5.41, 5.74) is 5.07. The Morgan fingerprint density at radius 1 is 1.44 bits per heavy atom. The number of nitrogens with two attached hydrogens (primary N) is 1. The predicted octanol–water partition coefficient (Wildman–Crippen LogP) is 1.22. The second kappa shape index (κ2) is 4.80. The molecule has 0 aromatic heterocycles. The molecular formula is C11H15BrN2O3S. The summed E-state index contributed by atoms with van der Waals surface area (Å²) in [5, 5.41) is 9.88. The molecule has 18 heavy (non-hydrogen) atoms. The molecule has 1 aromatic rings. The van der Waals surface area contributed by atoms with E-state index in [2.05, 4.69) is 20.7 Å². The minimum atomic E-state index is -3.66. The summed E-state index contributed by atoms with van der Waals surface area (Å²) in [6, 6.07) is 4.59. The number of nitrogen functional groups attached to an aromatic ring is 1. The lowest BCUT2D eigenvalue weighted by Gasteiger charge is -2.36. The summed E-state index contributed by atoms with van der Waals surface area (Å²) >= 11 is 3.18. The number of halogens is 1. The summed E-state index contributed by atoms with van der Waals surface area (Å²) in [7, 11) is -3.66. The molecule has 0 saturated heterocycles. The SMILES string of the molecule is Nc1ccc(Br)c(S(=O)(=O)NCC2(O)CCC2)c1. The third-order valence-electron chi connectivity index (χ3n) is 3.12. The van der Waals surface area contributed by atoms with Gasteiger partial charge in [-0.15, -0.1) is 0 Å². The second-order valence-electron chi connectivity index (χ2n) is 4.59. The smallest absolute Gasteiger partial charge is 0.241 e. The van der Waals surface area contributed by atoms with Gasteiger partial charge in [0.1, 0.15) is 0 Å². The van der Waals surface area contributed by atoms with Crippen molar-refractivity contribution >= 4 is 31.6 Å². The largest absolute Gasteiger partial charge is 0.399 e. The lowest BCUT2D eigenvalue weighted by atomic mass is 9.81. The van der Waals surface area contributed by atoms with Gasteiger partial charge in [-0.25, -0.2) is 13.1 Å². The molecule has 7 heteroatoms. The molecule has 1 saturated carbocycles. The van der Waals surface area contributed by atoms with Crippen LogP contribution in [-0.2, 0) is 10.0 Å². The van der Waals surface area contributed by atoms with Crippen LogP contribution >= 0.6 is 15.9 Å². The monoisotopic (exact) mass is 334 g/mol. The molecule has 0 aliphatic heterocycles. The zero-order chi connectivity index (χ0) is 13.4. The van der Waals surface area contributed by atoms with Gasteiger partial charge in [-0.2, -0.15) is 0 Å². The molecule has 0 heterocycles. The van der Waals surface area contributed by atoms with Gasteiger partial charge < -0.3 is 10.8 Å². The quantitative estimate of drug-likeness (QED) is 0.722. The van der Waals surface area contributed by atoms with Crippen molar-refractivity contribution in [1.29, 1.82) is 0 Å². The van der Waals surface area contributed by atoms with Gasteiger partial charge in [0.05, 0.1) is 10.5 Å². The molecule has 1 aliphatic carbocycles. The van der Waals surface area contributed by atoms with Gasteiger partial charge in [-0.05, 0) is 53.4 Å². The van der Waals surface area contributed by atoms with E-state index in [-0.39, 0.29) is 11.4 Å². The van der Waals surface area contributed by atoms with Crippen LogP contribution in [0.15, 0.2) is 27.6 Å². The molecule has 0 unspecified atom stereocenters. The molecule has 0 bridgehead atoms. The maximum atomic E-state index is 12.1. The fourth-order valence-corrected chi connectivity index (χ4v) is 3.91. The summed E-state index contributed by atoms with van der Waals surface area (Å²) in [6.07, 6.45) is 2.20. The Kier molecular flexibility index (Phi) is 3.68. The number of anilines is 1. The Morgan fingerprint density at radius 2 is 2.11 bits per heavy atom. The number of sulfonamides is 1. The normalized spacial score (nSPS) is 18.3. The van der Waals surface area contributed by atoms with E-state index >= 15 is 0 Å². The number of aliphatic hydroxyl groups is 1. The summed E-state index contributed by atoms with van der Waals surface area (Å²) in [6.45, 7) is 0.0383. The lowest BCUT2D eigenvalue weighted by Crippen LogP contribution is -2.47. The van der Waals surface area contributed by atoms with Crippen LogP contribution < -0.4 is 10.5 Å². The molecule has 4 N–H and O–H groups in total. The van der Waals surface area contributed by atoms with Crippen LogP contribution in [0.1, 0.15) is 19.3 Å². The highest BCUT2D eigenvalue weighted by Crippen LogP contribution is 2.31. The van der Waals surface area contributed by atoms with E-state index in [9.17, 15) is 13.5 Å². The van der Waals surface area contributed by atoms with Crippen molar-refractivity contribution in [2.45, 2.75) is 29.8 Å². The Balaban J connectivity index is 2.17. The second-order valence-corrected chi connectivity index (χ2v) is 7.18. The molecule has 1 fully saturated rings. The van der Waals surface area contributed by atoms with Gasteiger partial charge in [0.25, 0.3) is 0 Å². The number of rotatable bonds is 4. The zero-order valence-corrected chi connectivity index (χ0v) is 12.1. The van der Waals surface area contributed by atoms with Crippen LogP contribution in [0.5, 0.6) is 0 Å². The van der Waals surface area contributed by atoms with Crippen molar-refractivity contribution in [2.75, 3.05) is 12.3 Å². The Hall–Kier alpha value is -0.630. The topological polar surface area (TPSA) is 92.4 Å². The number of hydrogen-bond acceptors (Lipinski definition) is 4. The Morgan fingerprint density at radius 3 is 2.67 bits per heavy atom. The molecule has 0 amide bonds. The first-order chi connectivity index (χ1) is 8.32. The van der Waals surface area contributed by atoms with Crippen LogP contribution in [0.4, 0.5) is 5.69 Å². The van der Waals surface area contributed by atoms with E-state index in [0.717, 1.165) is 6.42 Å². The van der Waals surface area contributed by atoms with Crippen LogP contribution in [0, 0.1) is 0 Å². The molecule has 1 aliphatic rings. The highest BCUT2D eigenvalue weighted by Gasteiger charge is 2.35. The van der Waals surface area contributed by atoms with Crippen LogP contribution in [0.2, 0.25) is 0 Å². The molecule has 5 nitrogen and oxygen atoms in total. The first-order valence-corrected chi connectivity index (χ1v) is 7.87. The van der Waals surface area contributed by atoms with Crippen molar-refractivity contribution in [1.82, 2.24) is 4.72 Å². The highest BCUT2D eigenvalue weighted by atomic mass is 79.9. The third-order valence-corrected chi connectivity index (χ3v) is 5.52. The molecule has 0 atom stereocenters. The Labute approximate surface area is 115 Å². The number of hydrogen-bond donors (Lipinski definition) is 3. The average Bonchev–Trinajstić information content (AvgIpc) is 2.27. The van der Waals surface area contributed by atoms with E-state index in [1.54, 1.807) is 12.1 Å². The molecular weight excluding hydrogens is 320 g/mol. The van der Waals surface area contributed by atoms with Crippen molar-refractivity contribution in [3.05, 3.63) is 22.7 Å². The first kappa shape index (κ1) is 13.8. The predicted molar refractivity (Wildman–Crippen MR) is 72.5 cm³/mol. The van der Waals surface area contributed by atoms with E-state index in [4.69, 9.17) is 5.73 Å². The molecule has 100 valence electrons. The average molecular weight is 335 g/mol. The van der Waals surface area contributed by atoms with E-state index in [1.165, 1.54) is 6.07 Å². The molecule has 0 spiro atoms. The minimum Gasteiger partial charge on any atom is -0.399 e. The summed E-state index contributed by atoms with van der Waals surface area (Å²) in [4.78, 5) is 0.0884. The van der Waals surface area contributed by atoms with Crippen molar-refractivity contribution in [2.24, 2.45) is 0 Å². The molecule has 2 rings (SSSR count). The van der Waals surface area contributed by atoms with Crippen LogP contribution in [0.25, 0.3) is 0 Å². The van der Waals surface area contributed by atoms with Gasteiger partial charge in [0, 0.05) is 16.7 Å². The van der Waals surface area contributed by atoms with Crippen LogP contribution in [-0.4, -0.2) is 25.7 Å². The van der Waals surface area contributed by atoms with Gasteiger partial charge in [-0.1, -0.05) is 0 Å². The van der Waals surface area contributed by atoms with Crippen molar-refractivity contribution < 1.29 is 13.5 Å². The Bertz CT molecular complexity index is 555. The minimum absolute atomic E-state index is 0.0383. The van der Waals surface area contributed by atoms with Gasteiger partial charge in [-0.3, -0.25) is 0 Å². The number of nitrogens with one attached hydrogen (secondary N) is 1. The number of benzene rings is 1. The van der Waals surface area contributed by atoms with Crippen molar-refractivity contribution in [3.8, 4) is 0 Å². The van der Waals surface area contributed by atoms with E-state index in [0.29, 0.717) is 23.0 Å². The summed E-state index contributed by atoms with van der Waals surface area (Å²) < 4.78 is 27.0. The fourth-order valence-electron chi connectivity index (χ4n) is 1.79. The van der Waals surface area contributed by atoms with Crippen molar-refractivity contribution in [3.63, 3.8) is 0 Å². The van der Waals surface area contributed by atoms with Gasteiger partial charge in [0.2, 0.25) is 10.0 Å².